The topological polar surface area (TPSA) is 78.9 Å². The summed E-state index contributed by atoms with van der Waals surface area (Å²) < 4.78 is 18.7. The highest BCUT2D eigenvalue weighted by Gasteiger charge is 2.15. The summed E-state index contributed by atoms with van der Waals surface area (Å²) in [5.41, 5.74) is 6.34. The number of aromatic nitrogens is 4. The maximum absolute atomic E-state index is 13.8. The quantitative estimate of drug-likeness (QED) is 0.860. The van der Waals surface area contributed by atoms with Gasteiger partial charge in [-0.05, 0) is 11.3 Å². The van der Waals surface area contributed by atoms with Crippen LogP contribution in [0.5, 0.6) is 5.75 Å². The molecule has 2 rings (SSSR count). The van der Waals surface area contributed by atoms with Crippen molar-refractivity contribution in [3.8, 4) is 5.75 Å². The fourth-order valence-electron chi connectivity index (χ4n) is 1.65. The van der Waals surface area contributed by atoms with Crippen molar-refractivity contribution in [2.45, 2.75) is 12.5 Å². The summed E-state index contributed by atoms with van der Waals surface area (Å²) in [5.74, 6) is 0.548. The number of tetrazole rings is 1. The lowest BCUT2D eigenvalue weighted by Gasteiger charge is -2.11. The number of halogens is 1. The first-order valence-corrected chi connectivity index (χ1v) is 5.42. The number of benzene rings is 1. The van der Waals surface area contributed by atoms with Gasteiger partial charge in [0.1, 0.15) is 11.6 Å². The standard InChI is InChI=1S/C11H14FN5O/c1-17-15-11(14-16-17)6-10(13)8-4-3-7(18-2)5-9(8)12/h3-5,10H,6,13H2,1-2H3. The molecule has 0 aliphatic rings. The highest BCUT2D eigenvalue weighted by Crippen LogP contribution is 2.22. The average molecular weight is 251 g/mol. The fraction of sp³-hybridized carbons (Fsp3) is 0.364. The largest absolute Gasteiger partial charge is 0.497 e. The molecule has 1 aromatic carbocycles. The molecule has 0 amide bonds. The van der Waals surface area contributed by atoms with Crippen molar-refractivity contribution in [2.24, 2.45) is 12.8 Å². The number of nitrogens with two attached hydrogens (primary N) is 1. The van der Waals surface area contributed by atoms with Gasteiger partial charge in [-0.3, -0.25) is 0 Å². The van der Waals surface area contributed by atoms with Crippen molar-refractivity contribution < 1.29 is 9.13 Å². The van der Waals surface area contributed by atoms with Gasteiger partial charge in [-0.2, -0.15) is 4.80 Å². The van der Waals surface area contributed by atoms with E-state index in [2.05, 4.69) is 15.4 Å². The summed E-state index contributed by atoms with van der Waals surface area (Å²) in [6.45, 7) is 0. The Hall–Kier alpha value is -2.02. The Morgan fingerprint density at radius 2 is 2.28 bits per heavy atom. The van der Waals surface area contributed by atoms with E-state index in [0.717, 1.165) is 0 Å². The average Bonchev–Trinajstić information content (AvgIpc) is 2.74. The second kappa shape index (κ2) is 5.09. The van der Waals surface area contributed by atoms with Crippen LogP contribution in [0.4, 0.5) is 4.39 Å². The summed E-state index contributed by atoms with van der Waals surface area (Å²) in [4.78, 5) is 1.34. The van der Waals surface area contributed by atoms with Crippen LogP contribution in [0.2, 0.25) is 0 Å². The van der Waals surface area contributed by atoms with Gasteiger partial charge in [0.05, 0.1) is 14.2 Å². The predicted octanol–water partition coefficient (Wildman–Crippen LogP) is 0.600. The van der Waals surface area contributed by atoms with Gasteiger partial charge in [0.2, 0.25) is 0 Å². The smallest absolute Gasteiger partial charge is 0.176 e. The first-order valence-electron chi connectivity index (χ1n) is 5.42. The second-order valence-electron chi connectivity index (χ2n) is 3.89. The molecule has 0 radical (unpaired) electrons. The van der Waals surface area contributed by atoms with E-state index in [-0.39, 0.29) is 0 Å². The molecule has 96 valence electrons. The number of hydrogen-bond acceptors (Lipinski definition) is 5. The van der Waals surface area contributed by atoms with Crippen LogP contribution >= 0.6 is 0 Å². The number of nitrogens with zero attached hydrogens (tertiary/aromatic N) is 4. The van der Waals surface area contributed by atoms with Gasteiger partial charge >= 0.3 is 0 Å². The molecule has 2 aromatic rings. The molecule has 2 N–H and O–H groups in total. The summed E-state index contributed by atoms with van der Waals surface area (Å²) in [6.07, 6.45) is 0.330. The lowest BCUT2D eigenvalue weighted by atomic mass is 10.0. The van der Waals surface area contributed by atoms with Gasteiger partial charge in [0.25, 0.3) is 0 Å². The van der Waals surface area contributed by atoms with Crippen molar-refractivity contribution in [3.05, 3.63) is 35.4 Å². The van der Waals surface area contributed by atoms with E-state index in [1.165, 1.54) is 18.0 Å². The highest BCUT2D eigenvalue weighted by atomic mass is 19.1. The van der Waals surface area contributed by atoms with Crippen molar-refractivity contribution in [3.63, 3.8) is 0 Å². The molecule has 7 heteroatoms. The molecule has 18 heavy (non-hydrogen) atoms. The van der Waals surface area contributed by atoms with E-state index < -0.39 is 11.9 Å². The van der Waals surface area contributed by atoms with Gasteiger partial charge in [-0.15, -0.1) is 10.2 Å². The minimum atomic E-state index is -0.514. The third kappa shape index (κ3) is 2.62. The molecule has 0 aliphatic heterocycles. The van der Waals surface area contributed by atoms with Crippen LogP contribution in [0, 0.1) is 5.82 Å². The Morgan fingerprint density at radius 3 is 2.83 bits per heavy atom. The highest BCUT2D eigenvalue weighted by molar-refractivity contribution is 5.31. The van der Waals surface area contributed by atoms with Gasteiger partial charge in [0.15, 0.2) is 5.82 Å². The van der Waals surface area contributed by atoms with Crippen LogP contribution in [-0.4, -0.2) is 27.3 Å². The Balaban J connectivity index is 2.15. The summed E-state index contributed by atoms with van der Waals surface area (Å²) in [5, 5.41) is 11.5. The van der Waals surface area contributed by atoms with Gasteiger partial charge < -0.3 is 10.5 Å². The molecule has 0 aliphatic carbocycles. The first-order chi connectivity index (χ1) is 8.60. The van der Waals surface area contributed by atoms with Gasteiger partial charge in [0, 0.05) is 24.1 Å². The lowest BCUT2D eigenvalue weighted by Crippen LogP contribution is -2.16. The SMILES string of the molecule is COc1ccc(C(N)Cc2nnn(C)n2)c(F)c1. The number of hydrogen-bond donors (Lipinski definition) is 1. The Morgan fingerprint density at radius 1 is 1.50 bits per heavy atom. The van der Waals surface area contributed by atoms with Crippen LogP contribution in [0.15, 0.2) is 18.2 Å². The van der Waals surface area contributed by atoms with E-state index >= 15 is 0 Å². The number of aryl methyl sites for hydroxylation is 1. The number of ether oxygens (including phenoxy) is 1. The normalized spacial score (nSPS) is 12.4. The summed E-state index contributed by atoms with van der Waals surface area (Å²) >= 11 is 0. The third-order valence-corrected chi connectivity index (χ3v) is 2.56. The molecule has 1 unspecified atom stereocenters. The van der Waals surface area contributed by atoms with Crippen LogP contribution in [0.25, 0.3) is 0 Å². The van der Waals surface area contributed by atoms with Crippen LogP contribution < -0.4 is 10.5 Å². The summed E-state index contributed by atoms with van der Waals surface area (Å²) in [6, 6.07) is 4.07. The number of methoxy groups -OCH3 is 1. The molecule has 0 saturated heterocycles. The van der Waals surface area contributed by atoms with E-state index in [4.69, 9.17) is 10.5 Å². The van der Waals surface area contributed by atoms with Crippen molar-refractivity contribution >= 4 is 0 Å². The van der Waals surface area contributed by atoms with E-state index in [1.807, 2.05) is 0 Å². The molecule has 0 saturated carbocycles. The molecule has 0 spiro atoms. The third-order valence-electron chi connectivity index (χ3n) is 2.56. The molecule has 1 atom stereocenters. The molecular weight excluding hydrogens is 237 g/mol. The first kappa shape index (κ1) is 12.4. The maximum atomic E-state index is 13.8. The Kier molecular flexibility index (Phi) is 3.52. The van der Waals surface area contributed by atoms with Crippen LogP contribution in [0.3, 0.4) is 0 Å². The molecule has 0 fully saturated rings. The minimum Gasteiger partial charge on any atom is -0.497 e. The fourth-order valence-corrected chi connectivity index (χ4v) is 1.65. The van der Waals surface area contributed by atoms with E-state index in [1.54, 1.807) is 19.2 Å². The molecule has 6 nitrogen and oxygen atoms in total. The zero-order chi connectivity index (χ0) is 13.1. The molecule has 0 bridgehead atoms. The Bertz CT molecular complexity index is 542. The van der Waals surface area contributed by atoms with E-state index in [0.29, 0.717) is 23.6 Å². The zero-order valence-corrected chi connectivity index (χ0v) is 10.2. The Labute approximate surface area is 104 Å². The van der Waals surface area contributed by atoms with Gasteiger partial charge in [-0.1, -0.05) is 6.07 Å². The molecular formula is C11H14FN5O. The van der Waals surface area contributed by atoms with Crippen LogP contribution in [-0.2, 0) is 13.5 Å². The zero-order valence-electron chi connectivity index (χ0n) is 10.2. The second-order valence-corrected chi connectivity index (χ2v) is 3.89. The monoisotopic (exact) mass is 251 g/mol. The van der Waals surface area contributed by atoms with Crippen LogP contribution in [0.1, 0.15) is 17.4 Å². The van der Waals surface area contributed by atoms with Crippen molar-refractivity contribution in [1.82, 2.24) is 20.2 Å². The molecule has 1 heterocycles. The maximum Gasteiger partial charge on any atom is 0.176 e. The predicted molar refractivity (Wildman–Crippen MR) is 62.4 cm³/mol. The minimum absolute atomic E-state index is 0.330. The molecule has 1 aromatic heterocycles. The van der Waals surface area contributed by atoms with Crippen molar-refractivity contribution in [1.29, 1.82) is 0 Å². The van der Waals surface area contributed by atoms with Gasteiger partial charge in [-0.25, -0.2) is 4.39 Å². The summed E-state index contributed by atoms with van der Waals surface area (Å²) in [7, 11) is 3.15. The number of rotatable bonds is 4. The van der Waals surface area contributed by atoms with Crippen molar-refractivity contribution in [2.75, 3.05) is 7.11 Å². The van der Waals surface area contributed by atoms with E-state index in [9.17, 15) is 4.39 Å². The lowest BCUT2D eigenvalue weighted by molar-refractivity contribution is 0.410.